The number of hydrogen-bond donors (Lipinski definition) is 1. The number of anilines is 2. The third-order valence-corrected chi connectivity index (χ3v) is 4.38. The maximum Gasteiger partial charge on any atom is 0.177 e. The first-order chi connectivity index (χ1) is 9.88. The number of benzene rings is 2. The van der Waals surface area contributed by atoms with Crippen molar-refractivity contribution in [3.63, 3.8) is 0 Å². The van der Waals surface area contributed by atoms with Gasteiger partial charge in [-0.3, -0.25) is 0 Å². The largest absolute Gasteiger partial charge is 0.380 e. The van der Waals surface area contributed by atoms with Gasteiger partial charge in [-0.1, -0.05) is 24.3 Å². The van der Waals surface area contributed by atoms with E-state index in [2.05, 4.69) is 5.32 Å². The van der Waals surface area contributed by atoms with Crippen molar-refractivity contribution < 1.29 is 8.42 Å². The molecular formula is C16H20N2O2S. The summed E-state index contributed by atoms with van der Waals surface area (Å²) in [7, 11) is 0.766. The van der Waals surface area contributed by atoms with E-state index in [1.807, 2.05) is 49.3 Å². The predicted molar refractivity (Wildman–Crippen MR) is 87.6 cm³/mol. The lowest BCUT2D eigenvalue weighted by atomic mass is 10.2. The SMILES string of the molecule is CN(C)c1ccc(CNc2ccccc2S(C)(=O)=O)cc1. The number of para-hydroxylation sites is 1. The molecule has 2 aromatic rings. The monoisotopic (exact) mass is 304 g/mol. The molecule has 0 bridgehead atoms. The first kappa shape index (κ1) is 15.4. The minimum atomic E-state index is -3.22. The van der Waals surface area contributed by atoms with E-state index in [1.54, 1.807) is 18.2 Å². The van der Waals surface area contributed by atoms with Crippen LogP contribution in [0.2, 0.25) is 0 Å². The Hall–Kier alpha value is -2.01. The van der Waals surface area contributed by atoms with E-state index in [0.29, 0.717) is 17.1 Å². The molecule has 0 saturated heterocycles. The summed E-state index contributed by atoms with van der Waals surface area (Å²) in [4.78, 5) is 2.37. The third-order valence-electron chi connectivity index (χ3n) is 3.22. The number of rotatable bonds is 5. The second kappa shape index (κ2) is 6.18. The molecule has 0 atom stereocenters. The molecular weight excluding hydrogens is 284 g/mol. The molecule has 2 aromatic carbocycles. The number of sulfone groups is 1. The Bertz CT molecular complexity index is 707. The number of nitrogens with zero attached hydrogens (tertiary/aromatic N) is 1. The van der Waals surface area contributed by atoms with Gasteiger partial charge in [0, 0.05) is 32.6 Å². The van der Waals surface area contributed by atoms with Crippen molar-refractivity contribution in [3.8, 4) is 0 Å². The Kier molecular flexibility index (Phi) is 4.53. The minimum Gasteiger partial charge on any atom is -0.380 e. The average molecular weight is 304 g/mol. The summed E-state index contributed by atoms with van der Waals surface area (Å²) in [6.07, 6.45) is 1.22. The number of hydrogen-bond acceptors (Lipinski definition) is 4. The Morgan fingerprint density at radius 2 is 1.62 bits per heavy atom. The molecule has 0 saturated carbocycles. The van der Waals surface area contributed by atoms with E-state index in [4.69, 9.17) is 0 Å². The molecule has 21 heavy (non-hydrogen) atoms. The van der Waals surface area contributed by atoms with Gasteiger partial charge in [0.05, 0.1) is 10.6 Å². The van der Waals surface area contributed by atoms with E-state index in [0.717, 1.165) is 11.3 Å². The zero-order valence-electron chi connectivity index (χ0n) is 12.5. The molecule has 0 radical (unpaired) electrons. The molecule has 0 heterocycles. The smallest absolute Gasteiger partial charge is 0.177 e. The van der Waals surface area contributed by atoms with Crippen LogP contribution < -0.4 is 10.2 Å². The highest BCUT2D eigenvalue weighted by Crippen LogP contribution is 2.21. The highest BCUT2D eigenvalue weighted by Gasteiger charge is 2.11. The fourth-order valence-electron chi connectivity index (χ4n) is 2.05. The lowest BCUT2D eigenvalue weighted by molar-refractivity contribution is 0.602. The van der Waals surface area contributed by atoms with Gasteiger partial charge in [0.15, 0.2) is 9.84 Å². The molecule has 1 N–H and O–H groups in total. The van der Waals surface area contributed by atoms with Crippen LogP contribution in [0.4, 0.5) is 11.4 Å². The van der Waals surface area contributed by atoms with E-state index >= 15 is 0 Å². The first-order valence-electron chi connectivity index (χ1n) is 6.67. The van der Waals surface area contributed by atoms with Crippen LogP contribution >= 0.6 is 0 Å². The van der Waals surface area contributed by atoms with Crippen molar-refractivity contribution in [3.05, 3.63) is 54.1 Å². The standard InChI is InChI=1S/C16H20N2O2S/c1-18(2)14-10-8-13(9-11-14)12-17-15-6-4-5-7-16(15)21(3,19)20/h4-11,17H,12H2,1-3H3. The molecule has 0 spiro atoms. The minimum absolute atomic E-state index is 0.329. The van der Waals surface area contributed by atoms with Gasteiger partial charge in [-0.25, -0.2) is 8.42 Å². The number of nitrogens with one attached hydrogen (secondary N) is 1. The molecule has 112 valence electrons. The van der Waals surface area contributed by atoms with Gasteiger partial charge in [0.25, 0.3) is 0 Å². The maximum absolute atomic E-state index is 11.7. The Morgan fingerprint density at radius 3 is 2.19 bits per heavy atom. The van der Waals surface area contributed by atoms with Gasteiger partial charge in [0.1, 0.15) is 0 Å². The van der Waals surface area contributed by atoms with Crippen molar-refractivity contribution in [2.45, 2.75) is 11.4 Å². The maximum atomic E-state index is 11.7. The van der Waals surface area contributed by atoms with Crippen LogP contribution in [0.15, 0.2) is 53.4 Å². The van der Waals surface area contributed by atoms with E-state index < -0.39 is 9.84 Å². The topological polar surface area (TPSA) is 49.4 Å². The lowest BCUT2D eigenvalue weighted by Crippen LogP contribution is -2.09. The van der Waals surface area contributed by atoms with Crippen molar-refractivity contribution in [2.24, 2.45) is 0 Å². The Labute approximate surface area is 126 Å². The molecule has 4 nitrogen and oxygen atoms in total. The molecule has 0 aliphatic heterocycles. The Balaban J connectivity index is 2.14. The zero-order valence-corrected chi connectivity index (χ0v) is 13.3. The van der Waals surface area contributed by atoms with E-state index in [1.165, 1.54) is 6.26 Å². The summed E-state index contributed by atoms with van der Waals surface area (Å²) in [5.41, 5.74) is 2.87. The summed E-state index contributed by atoms with van der Waals surface area (Å²) in [5, 5.41) is 3.19. The van der Waals surface area contributed by atoms with Crippen molar-refractivity contribution in [1.82, 2.24) is 0 Å². The fraction of sp³-hybridized carbons (Fsp3) is 0.250. The second-order valence-corrected chi connectivity index (χ2v) is 7.17. The van der Waals surface area contributed by atoms with Crippen molar-refractivity contribution >= 4 is 21.2 Å². The van der Waals surface area contributed by atoms with Gasteiger partial charge in [-0.15, -0.1) is 0 Å². The van der Waals surface area contributed by atoms with Crippen LogP contribution in [-0.2, 0) is 16.4 Å². The molecule has 0 amide bonds. The van der Waals surface area contributed by atoms with Crippen LogP contribution in [0.25, 0.3) is 0 Å². The zero-order chi connectivity index (χ0) is 15.5. The van der Waals surface area contributed by atoms with Gasteiger partial charge < -0.3 is 10.2 Å². The average Bonchev–Trinajstić information content (AvgIpc) is 2.45. The Morgan fingerprint density at radius 1 is 1.00 bits per heavy atom. The van der Waals surface area contributed by atoms with Crippen molar-refractivity contribution in [1.29, 1.82) is 0 Å². The fourth-order valence-corrected chi connectivity index (χ4v) is 2.91. The van der Waals surface area contributed by atoms with Gasteiger partial charge in [-0.05, 0) is 29.8 Å². The van der Waals surface area contributed by atoms with Crippen molar-refractivity contribution in [2.75, 3.05) is 30.6 Å². The molecule has 0 fully saturated rings. The highest BCUT2D eigenvalue weighted by molar-refractivity contribution is 7.90. The summed E-state index contributed by atoms with van der Waals surface area (Å²) >= 11 is 0. The van der Waals surface area contributed by atoms with Crippen LogP contribution in [0.3, 0.4) is 0 Å². The highest BCUT2D eigenvalue weighted by atomic mass is 32.2. The lowest BCUT2D eigenvalue weighted by Gasteiger charge is -2.14. The molecule has 5 heteroatoms. The first-order valence-corrected chi connectivity index (χ1v) is 8.56. The van der Waals surface area contributed by atoms with Crippen LogP contribution in [0, 0.1) is 0 Å². The van der Waals surface area contributed by atoms with Crippen LogP contribution in [0.5, 0.6) is 0 Å². The van der Waals surface area contributed by atoms with Crippen LogP contribution in [0.1, 0.15) is 5.56 Å². The summed E-state index contributed by atoms with van der Waals surface area (Å²) < 4.78 is 23.5. The molecule has 0 aromatic heterocycles. The summed E-state index contributed by atoms with van der Waals surface area (Å²) in [6, 6.07) is 15.1. The summed E-state index contributed by atoms with van der Waals surface area (Å²) in [5.74, 6) is 0. The predicted octanol–water partition coefficient (Wildman–Crippen LogP) is 2.77. The molecule has 2 rings (SSSR count). The molecule has 0 aliphatic rings. The van der Waals surface area contributed by atoms with Crippen LogP contribution in [-0.4, -0.2) is 28.8 Å². The normalized spacial score (nSPS) is 11.2. The third kappa shape index (κ3) is 3.98. The quantitative estimate of drug-likeness (QED) is 0.923. The van der Waals surface area contributed by atoms with Gasteiger partial charge in [0.2, 0.25) is 0 Å². The second-order valence-electron chi connectivity index (χ2n) is 5.18. The summed E-state index contributed by atoms with van der Waals surface area (Å²) in [6.45, 7) is 0.584. The van der Waals surface area contributed by atoms with Gasteiger partial charge in [-0.2, -0.15) is 0 Å². The molecule has 0 unspecified atom stereocenters. The van der Waals surface area contributed by atoms with E-state index in [-0.39, 0.29) is 0 Å². The van der Waals surface area contributed by atoms with E-state index in [9.17, 15) is 8.42 Å². The molecule has 0 aliphatic carbocycles. The van der Waals surface area contributed by atoms with Gasteiger partial charge >= 0.3 is 0 Å².